The molecule has 1 heterocycles. The van der Waals surface area contributed by atoms with Gasteiger partial charge >= 0.3 is 0 Å². The van der Waals surface area contributed by atoms with E-state index in [9.17, 15) is 4.79 Å². The van der Waals surface area contributed by atoms with Crippen LogP contribution < -0.4 is 5.36 Å². The SMILES string of the molecule is O=C(/N=c1\ccn(-c2ccccc2)nc1)c1ccc(Cl)cc1Cl. The van der Waals surface area contributed by atoms with Gasteiger partial charge in [0.25, 0.3) is 5.91 Å². The lowest BCUT2D eigenvalue weighted by Crippen LogP contribution is -2.11. The highest BCUT2D eigenvalue weighted by atomic mass is 35.5. The number of nitrogens with zero attached hydrogens (tertiary/aromatic N) is 3. The molecule has 0 radical (unpaired) electrons. The summed E-state index contributed by atoms with van der Waals surface area (Å²) in [6, 6.07) is 16.0. The molecular formula is C17H11Cl2N3O. The van der Waals surface area contributed by atoms with Gasteiger partial charge in [0.05, 0.1) is 27.8 Å². The monoisotopic (exact) mass is 343 g/mol. The van der Waals surface area contributed by atoms with Gasteiger partial charge in [-0.05, 0) is 36.4 Å². The lowest BCUT2D eigenvalue weighted by atomic mass is 10.2. The van der Waals surface area contributed by atoms with Crippen LogP contribution in [0.5, 0.6) is 0 Å². The molecule has 0 aliphatic heterocycles. The van der Waals surface area contributed by atoms with Crippen molar-refractivity contribution in [3.05, 3.63) is 88.0 Å². The van der Waals surface area contributed by atoms with Crippen LogP contribution in [0.1, 0.15) is 10.4 Å². The van der Waals surface area contributed by atoms with E-state index in [2.05, 4.69) is 10.1 Å². The molecule has 0 aliphatic carbocycles. The van der Waals surface area contributed by atoms with Crippen LogP contribution in [-0.2, 0) is 0 Å². The summed E-state index contributed by atoms with van der Waals surface area (Å²) >= 11 is 11.8. The first-order valence-corrected chi connectivity index (χ1v) is 7.53. The Morgan fingerprint density at radius 2 is 1.83 bits per heavy atom. The second-order valence-electron chi connectivity index (χ2n) is 4.71. The van der Waals surface area contributed by atoms with Gasteiger partial charge in [-0.2, -0.15) is 5.10 Å². The molecule has 2 aromatic carbocycles. The molecule has 0 saturated heterocycles. The van der Waals surface area contributed by atoms with Crippen molar-refractivity contribution in [1.82, 2.24) is 9.78 Å². The highest BCUT2D eigenvalue weighted by Gasteiger charge is 2.09. The molecule has 4 nitrogen and oxygen atoms in total. The van der Waals surface area contributed by atoms with E-state index in [1.807, 2.05) is 30.3 Å². The first-order chi connectivity index (χ1) is 11.1. The van der Waals surface area contributed by atoms with Crippen LogP contribution in [0.25, 0.3) is 5.69 Å². The minimum absolute atomic E-state index is 0.273. The molecule has 0 N–H and O–H groups in total. The fraction of sp³-hybridized carbons (Fsp3) is 0. The van der Waals surface area contributed by atoms with Crippen molar-refractivity contribution < 1.29 is 4.79 Å². The van der Waals surface area contributed by atoms with E-state index in [0.29, 0.717) is 15.9 Å². The summed E-state index contributed by atoms with van der Waals surface area (Å²) in [5.74, 6) is -0.439. The third-order valence-electron chi connectivity index (χ3n) is 3.11. The normalized spacial score (nSPS) is 11.5. The van der Waals surface area contributed by atoms with E-state index in [1.54, 1.807) is 29.1 Å². The molecule has 0 atom stereocenters. The summed E-state index contributed by atoms with van der Waals surface area (Å²) in [6.07, 6.45) is 3.26. The maximum atomic E-state index is 12.2. The fourth-order valence-electron chi connectivity index (χ4n) is 1.99. The summed E-state index contributed by atoms with van der Waals surface area (Å²) in [7, 11) is 0. The zero-order chi connectivity index (χ0) is 16.2. The Kier molecular flexibility index (Phi) is 4.55. The first-order valence-electron chi connectivity index (χ1n) is 6.78. The van der Waals surface area contributed by atoms with Gasteiger partial charge < -0.3 is 0 Å². The number of amides is 1. The molecule has 0 saturated carbocycles. The van der Waals surface area contributed by atoms with Crippen molar-refractivity contribution in [2.24, 2.45) is 4.99 Å². The number of hydrogen-bond acceptors (Lipinski definition) is 2. The molecular weight excluding hydrogens is 333 g/mol. The summed E-state index contributed by atoms with van der Waals surface area (Å²) in [5.41, 5.74) is 1.22. The average Bonchev–Trinajstić information content (AvgIpc) is 2.56. The molecule has 114 valence electrons. The molecule has 1 amide bonds. The minimum Gasteiger partial charge on any atom is -0.267 e. The van der Waals surface area contributed by atoms with Crippen LogP contribution in [0.3, 0.4) is 0 Å². The topological polar surface area (TPSA) is 47.2 Å². The maximum absolute atomic E-state index is 12.2. The molecule has 3 rings (SSSR count). The molecule has 3 aromatic rings. The quantitative estimate of drug-likeness (QED) is 0.707. The summed E-state index contributed by atoms with van der Waals surface area (Å²) in [6.45, 7) is 0. The van der Waals surface area contributed by atoms with Crippen LogP contribution in [0.4, 0.5) is 0 Å². The summed E-state index contributed by atoms with van der Waals surface area (Å²) in [5, 5.41) is 5.44. The molecule has 1 aromatic heterocycles. The first kappa shape index (κ1) is 15.5. The molecule has 0 fully saturated rings. The number of para-hydroxylation sites is 1. The average molecular weight is 344 g/mol. The van der Waals surface area contributed by atoms with Crippen LogP contribution >= 0.6 is 23.2 Å². The van der Waals surface area contributed by atoms with Gasteiger partial charge in [-0.3, -0.25) is 4.79 Å². The van der Waals surface area contributed by atoms with E-state index >= 15 is 0 Å². The zero-order valence-electron chi connectivity index (χ0n) is 11.9. The highest BCUT2D eigenvalue weighted by molar-refractivity contribution is 6.36. The Labute approximate surface area is 142 Å². The lowest BCUT2D eigenvalue weighted by molar-refractivity contribution is 0.0998. The number of aromatic nitrogens is 2. The van der Waals surface area contributed by atoms with Crippen LogP contribution in [0, 0.1) is 0 Å². The van der Waals surface area contributed by atoms with Crippen molar-refractivity contribution in [3.8, 4) is 5.69 Å². The molecule has 0 spiro atoms. The Morgan fingerprint density at radius 3 is 2.48 bits per heavy atom. The van der Waals surface area contributed by atoms with Crippen molar-refractivity contribution >= 4 is 29.1 Å². The van der Waals surface area contributed by atoms with E-state index in [1.165, 1.54) is 12.3 Å². The fourth-order valence-corrected chi connectivity index (χ4v) is 2.48. The van der Waals surface area contributed by atoms with Gasteiger partial charge in [-0.25, -0.2) is 9.67 Å². The maximum Gasteiger partial charge on any atom is 0.279 e. The van der Waals surface area contributed by atoms with Crippen LogP contribution in [-0.4, -0.2) is 15.7 Å². The van der Waals surface area contributed by atoms with Crippen molar-refractivity contribution in [3.63, 3.8) is 0 Å². The molecule has 0 bridgehead atoms. The number of hydrogen-bond donors (Lipinski definition) is 0. The Hall–Kier alpha value is -2.43. The minimum atomic E-state index is -0.439. The number of carbonyl (C=O) groups excluding carboxylic acids is 1. The number of halogens is 2. The van der Waals surface area contributed by atoms with E-state index in [-0.39, 0.29) is 5.02 Å². The molecule has 6 heteroatoms. The van der Waals surface area contributed by atoms with Crippen LogP contribution in [0.2, 0.25) is 10.0 Å². The van der Waals surface area contributed by atoms with Gasteiger partial charge in [0.2, 0.25) is 0 Å². The van der Waals surface area contributed by atoms with Gasteiger partial charge in [0, 0.05) is 11.2 Å². The van der Waals surface area contributed by atoms with E-state index in [4.69, 9.17) is 23.2 Å². The van der Waals surface area contributed by atoms with Crippen molar-refractivity contribution in [2.75, 3.05) is 0 Å². The largest absolute Gasteiger partial charge is 0.279 e. The van der Waals surface area contributed by atoms with Gasteiger partial charge in [0.1, 0.15) is 0 Å². The van der Waals surface area contributed by atoms with Gasteiger partial charge in [-0.15, -0.1) is 0 Å². The Morgan fingerprint density at radius 1 is 1.04 bits per heavy atom. The molecule has 23 heavy (non-hydrogen) atoms. The second-order valence-corrected chi connectivity index (χ2v) is 5.55. The third kappa shape index (κ3) is 3.67. The predicted molar refractivity (Wildman–Crippen MR) is 89.9 cm³/mol. The third-order valence-corrected chi connectivity index (χ3v) is 3.66. The highest BCUT2D eigenvalue weighted by Crippen LogP contribution is 2.21. The van der Waals surface area contributed by atoms with Gasteiger partial charge in [0.15, 0.2) is 0 Å². The van der Waals surface area contributed by atoms with Gasteiger partial charge in [-0.1, -0.05) is 41.4 Å². The second kappa shape index (κ2) is 6.77. The standard InChI is InChI=1S/C17H11Cl2N3O/c18-12-6-7-15(16(19)10-12)17(23)21-13-8-9-22(20-11-13)14-4-2-1-3-5-14/h1-11H/b21-13+. The smallest absolute Gasteiger partial charge is 0.267 e. The Balaban J connectivity index is 1.89. The molecule has 0 aliphatic rings. The summed E-state index contributed by atoms with van der Waals surface area (Å²) < 4.78 is 1.69. The Bertz CT molecular complexity index is 900. The number of rotatable bonds is 2. The molecule has 0 unspecified atom stereocenters. The van der Waals surface area contributed by atoms with Crippen molar-refractivity contribution in [2.45, 2.75) is 0 Å². The zero-order valence-corrected chi connectivity index (χ0v) is 13.4. The van der Waals surface area contributed by atoms with E-state index in [0.717, 1.165) is 5.69 Å². The van der Waals surface area contributed by atoms with Crippen LogP contribution in [0.15, 0.2) is 72.0 Å². The van der Waals surface area contributed by atoms with Crippen molar-refractivity contribution in [1.29, 1.82) is 0 Å². The number of carbonyl (C=O) groups is 1. The van der Waals surface area contributed by atoms with E-state index < -0.39 is 5.91 Å². The lowest BCUT2D eigenvalue weighted by Gasteiger charge is -2.03. The summed E-state index contributed by atoms with van der Waals surface area (Å²) in [4.78, 5) is 16.2. The predicted octanol–water partition coefficient (Wildman–Crippen LogP) is 3.92. The number of benzene rings is 2.